The lowest BCUT2D eigenvalue weighted by molar-refractivity contribution is 0.913. The molecule has 0 radical (unpaired) electrons. The van der Waals surface area contributed by atoms with Gasteiger partial charge in [0.2, 0.25) is 0 Å². The van der Waals surface area contributed by atoms with Crippen LogP contribution in [0.5, 0.6) is 0 Å². The molecule has 1 N–H and O–H groups in total. The molecule has 2 rings (SSSR count). The summed E-state index contributed by atoms with van der Waals surface area (Å²) in [5.41, 5.74) is 1.02. The van der Waals surface area contributed by atoms with Gasteiger partial charge < -0.3 is 5.32 Å². The van der Waals surface area contributed by atoms with E-state index in [1.54, 1.807) is 0 Å². The lowest BCUT2D eigenvalue weighted by Crippen LogP contribution is -2.04. The number of aryl methyl sites for hydroxylation is 3. The van der Waals surface area contributed by atoms with Gasteiger partial charge >= 0.3 is 0 Å². The van der Waals surface area contributed by atoms with E-state index >= 15 is 0 Å². The molecule has 0 saturated carbocycles. The number of rotatable bonds is 5. The summed E-state index contributed by atoms with van der Waals surface area (Å²) in [5.74, 6) is 1.82. The van der Waals surface area contributed by atoms with E-state index in [1.165, 1.54) is 9.75 Å². The lowest BCUT2D eigenvalue weighted by Gasteiger charge is -2.06. The Morgan fingerprint density at radius 3 is 2.56 bits per heavy atom. The quantitative estimate of drug-likeness (QED) is 0.894. The van der Waals surface area contributed by atoms with Crippen molar-refractivity contribution in [2.24, 2.45) is 0 Å². The SMILES string of the molecule is CCc1nc(C)cc(NCc2ccc(CC)s2)n1. The molecule has 0 saturated heterocycles. The standard InChI is InChI=1S/C14H19N3S/c1-4-11-6-7-12(18-11)9-15-14-8-10(3)16-13(5-2)17-14/h6-8H,4-5,9H2,1-3H3,(H,15,16,17). The van der Waals surface area contributed by atoms with E-state index in [4.69, 9.17) is 0 Å². The number of hydrogen-bond donors (Lipinski definition) is 1. The van der Waals surface area contributed by atoms with Crippen LogP contribution in [0.2, 0.25) is 0 Å². The minimum Gasteiger partial charge on any atom is -0.365 e. The van der Waals surface area contributed by atoms with Gasteiger partial charge in [0.25, 0.3) is 0 Å². The number of aromatic nitrogens is 2. The van der Waals surface area contributed by atoms with Gasteiger partial charge in [-0.1, -0.05) is 13.8 Å². The zero-order valence-corrected chi connectivity index (χ0v) is 12.0. The highest BCUT2D eigenvalue weighted by molar-refractivity contribution is 7.12. The van der Waals surface area contributed by atoms with Crippen LogP contribution in [0.3, 0.4) is 0 Å². The molecule has 0 spiro atoms. The second-order valence-corrected chi connectivity index (χ2v) is 5.49. The first-order chi connectivity index (χ1) is 8.71. The Balaban J connectivity index is 2.03. The fourth-order valence-electron chi connectivity index (χ4n) is 1.76. The van der Waals surface area contributed by atoms with Gasteiger partial charge in [0, 0.05) is 27.9 Å². The Morgan fingerprint density at radius 1 is 1.11 bits per heavy atom. The Kier molecular flexibility index (Phi) is 4.31. The summed E-state index contributed by atoms with van der Waals surface area (Å²) in [6.45, 7) is 7.10. The molecule has 0 atom stereocenters. The fraction of sp³-hybridized carbons (Fsp3) is 0.429. The van der Waals surface area contributed by atoms with Crippen LogP contribution in [0.4, 0.5) is 5.82 Å². The van der Waals surface area contributed by atoms with Crippen molar-refractivity contribution in [3.05, 3.63) is 39.5 Å². The highest BCUT2D eigenvalue weighted by Crippen LogP contribution is 2.18. The van der Waals surface area contributed by atoms with E-state index in [1.807, 2.05) is 24.3 Å². The van der Waals surface area contributed by atoms with Gasteiger partial charge in [-0.05, 0) is 25.5 Å². The van der Waals surface area contributed by atoms with E-state index in [-0.39, 0.29) is 0 Å². The van der Waals surface area contributed by atoms with Crippen molar-refractivity contribution in [3.8, 4) is 0 Å². The number of hydrogen-bond acceptors (Lipinski definition) is 4. The molecule has 96 valence electrons. The van der Waals surface area contributed by atoms with Crippen molar-refractivity contribution in [1.29, 1.82) is 0 Å². The van der Waals surface area contributed by atoms with Crippen LogP contribution in [0.25, 0.3) is 0 Å². The molecule has 0 aliphatic rings. The smallest absolute Gasteiger partial charge is 0.130 e. The summed E-state index contributed by atoms with van der Waals surface area (Å²) in [7, 11) is 0. The molecule has 0 amide bonds. The van der Waals surface area contributed by atoms with Crippen molar-refractivity contribution < 1.29 is 0 Å². The van der Waals surface area contributed by atoms with Crippen molar-refractivity contribution >= 4 is 17.2 Å². The van der Waals surface area contributed by atoms with Crippen molar-refractivity contribution in [2.75, 3.05) is 5.32 Å². The molecule has 4 heteroatoms. The molecule has 0 fully saturated rings. The first-order valence-electron chi connectivity index (χ1n) is 6.37. The summed E-state index contributed by atoms with van der Waals surface area (Å²) in [6, 6.07) is 6.38. The zero-order valence-electron chi connectivity index (χ0n) is 11.2. The van der Waals surface area contributed by atoms with E-state index in [2.05, 4.69) is 41.3 Å². The van der Waals surface area contributed by atoms with Crippen LogP contribution in [-0.4, -0.2) is 9.97 Å². The lowest BCUT2D eigenvalue weighted by atomic mass is 10.3. The maximum atomic E-state index is 4.48. The molecule has 0 bridgehead atoms. The molecule has 2 aromatic rings. The van der Waals surface area contributed by atoms with Crippen LogP contribution in [0.1, 0.15) is 35.1 Å². The molecule has 0 aromatic carbocycles. The zero-order chi connectivity index (χ0) is 13.0. The van der Waals surface area contributed by atoms with E-state index < -0.39 is 0 Å². The number of anilines is 1. The van der Waals surface area contributed by atoms with Crippen molar-refractivity contribution in [2.45, 2.75) is 40.2 Å². The van der Waals surface area contributed by atoms with E-state index in [9.17, 15) is 0 Å². The predicted molar refractivity (Wildman–Crippen MR) is 77.2 cm³/mol. The molecular formula is C14H19N3S. The third-order valence-corrected chi connectivity index (χ3v) is 3.96. The molecular weight excluding hydrogens is 242 g/mol. The first-order valence-corrected chi connectivity index (χ1v) is 7.19. The monoisotopic (exact) mass is 261 g/mol. The van der Waals surface area contributed by atoms with Gasteiger partial charge in [-0.3, -0.25) is 0 Å². The topological polar surface area (TPSA) is 37.8 Å². The second kappa shape index (κ2) is 5.96. The second-order valence-electron chi connectivity index (χ2n) is 4.24. The minimum absolute atomic E-state index is 0.838. The van der Waals surface area contributed by atoms with E-state index in [0.717, 1.165) is 36.7 Å². The number of thiophene rings is 1. The Bertz CT molecular complexity index is 520. The van der Waals surface area contributed by atoms with Crippen LogP contribution >= 0.6 is 11.3 Å². The van der Waals surface area contributed by atoms with Crippen LogP contribution in [0.15, 0.2) is 18.2 Å². The Morgan fingerprint density at radius 2 is 1.89 bits per heavy atom. The van der Waals surface area contributed by atoms with Gasteiger partial charge in [0.1, 0.15) is 11.6 Å². The van der Waals surface area contributed by atoms with Gasteiger partial charge in [-0.2, -0.15) is 0 Å². The maximum absolute atomic E-state index is 4.48. The Labute approximate surface area is 112 Å². The molecule has 0 aliphatic heterocycles. The highest BCUT2D eigenvalue weighted by atomic mass is 32.1. The summed E-state index contributed by atoms with van der Waals surface area (Å²) in [4.78, 5) is 11.6. The van der Waals surface area contributed by atoms with Gasteiger partial charge in [0.15, 0.2) is 0 Å². The summed E-state index contributed by atoms with van der Waals surface area (Å²) < 4.78 is 0. The molecule has 0 unspecified atom stereocenters. The normalized spacial score (nSPS) is 10.6. The molecule has 18 heavy (non-hydrogen) atoms. The maximum Gasteiger partial charge on any atom is 0.130 e. The Hall–Kier alpha value is -1.42. The average molecular weight is 261 g/mol. The number of nitrogens with zero attached hydrogens (tertiary/aromatic N) is 2. The van der Waals surface area contributed by atoms with Gasteiger partial charge in [-0.15, -0.1) is 11.3 Å². The third-order valence-electron chi connectivity index (χ3n) is 2.73. The molecule has 2 heterocycles. The van der Waals surface area contributed by atoms with Crippen molar-refractivity contribution in [3.63, 3.8) is 0 Å². The number of nitrogens with one attached hydrogen (secondary N) is 1. The predicted octanol–water partition coefficient (Wildman–Crippen LogP) is 3.58. The van der Waals surface area contributed by atoms with Crippen LogP contribution in [0, 0.1) is 6.92 Å². The van der Waals surface area contributed by atoms with E-state index in [0.29, 0.717) is 0 Å². The van der Waals surface area contributed by atoms with Crippen LogP contribution < -0.4 is 5.32 Å². The summed E-state index contributed by atoms with van der Waals surface area (Å²) in [6.07, 6.45) is 1.98. The molecule has 0 aliphatic carbocycles. The fourth-order valence-corrected chi connectivity index (χ4v) is 2.66. The largest absolute Gasteiger partial charge is 0.365 e. The van der Waals surface area contributed by atoms with Gasteiger partial charge in [-0.25, -0.2) is 9.97 Å². The minimum atomic E-state index is 0.838. The van der Waals surface area contributed by atoms with Crippen LogP contribution in [-0.2, 0) is 19.4 Å². The third kappa shape index (κ3) is 3.29. The molecule has 3 nitrogen and oxygen atoms in total. The summed E-state index contributed by atoms with van der Waals surface area (Å²) >= 11 is 1.86. The summed E-state index contributed by atoms with van der Waals surface area (Å²) in [5, 5.41) is 3.37. The van der Waals surface area contributed by atoms with Crippen molar-refractivity contribution in [1.82, 2.24) is 9.97 Å². The van der Waals surface area contributed by atoms with Gasteiger partial charge in [0.05, 0.1) is 6.54 Å². The average Bonchev–Trinajstić information content (AvgIpc) is 2.83. The highest BCUT2D eigenvalue weighted by Gasteiger charge is 2.02. The molecule has 2 aromatic heterocycles. The first kappa shape index (κ1) is 13.0.